The maximum Gasteiger partial charge on any atom is 0.420 e. The molecule has 15 heavy (non-hydrogen) atoms. The Balaban J connectivity index is 2.50. The molecule has 0 radical (unpaired) electrons. The molecule has 2 rings (SSSR count). The summed E-state index contributed by atoms with van der Waals surface area (Å²) >= 11 is 0. The van der Waals surface area contributed by atoms with Crippen molar-refractivity contribution in [2.75, 3.05) is 0 Å². The second-order valence-electron chi connectivity index (χ2n) is 3.51. The van der Waals surface area contributed by atoms with Crippen LogP contribution < -0.4 is 5.76 Å². The molecule has 1 aromatic carbocycles. The minimum Gasteiger partial charge on any atom is -0.408 e. The van der Waals surface area contributed by atoms with Gasteiger partial charge in [-0.15, -0.1) is 0 Å². The van der Waals surface area contributed by atoms with Gasteiger partial charge in [0.05, 0.1) is 18.2 Å². The molecule has 0 aliphatic carbocycles. The van der Waals surface area contributed by atoms with Crippen LogP contribution in [0.25, 0.3) is 11.1 Å². The van der Waals surface area contributed by atoms with E-state index in [9.17, 15) is 9.90 Å². The van der Waals surface area contributed by atoms with Crippen LogP contribution in [0.5, 0.6) is 0 Å². The zero-order valence-electron chi connectivity index (χ0n) is 8.51. The van der Waals surface area contributed by atoms with E-state index >= 15 is 0 Å². The zero-order chi connectivity index (χ0) is 10.8. The Morgan fingerprint density at radius 2 is 2.20 bits per heavy atom. The molecule has 2 aromatic rings. The molecular weight excluding hydrogens is 194 g/mol. The second kappa shape index (κ2) is 3.90. The van der Waals surface area contributed by atoms with E-state index in [0.29, 0.717) is 12.0 Å². The lowest BCUT2D eigenvalue weighted by Crippen LogP contribution is -2.22. The summed E-state index contributed by atoms with van der Waals surface area (Å²) in [5.41, 5.74) is 1.29. The molecule has 4 heteroatoms. The molecule has 0 fully saturated rings. The van der Waals surface area contributed by atoms with Crippen molar-refractivity contribution >= 4 is 11.1 Å². The van der Waals surface area contributed by atoms with Gasteiger partial charge in [-0.05, 0) is 18.6 Å². The van der Waals surface area contributed by atoms with Gasteiger partial charge in [-0.2, -0.15) is 0 Å². The molecule has 4 nitrogen and oxygen atoms in total. The summed E-state index contributed by atoms with van der Waals surface area (Å²) in [6.45, 7) is 2.16. The summed E-state index contributed by atoms with van der Waals surface area (Å²) in [5.74, 6) is -0.413. The number of nitrogens with zero attached hydrogens (tertiary/aromatic N) is 1. The minimum atomic E-state index is -0.510. The van der Waals surface area contributed by atoms with E-state index in [-0.39, 0.29) is 6.54 Å². The van der Waals surface area contributed by atoms with Crippen molar-refractivity contribution < 1.29 is 9.52 Å². The number of hydrogen-bond acceptors (Lipinski definition) is 3. The maximum absolute atomic E-state index is 11.5. The first-order valence-corrected chi connectivity index (χ1v) is 4.98. The van der Waals surface area contributed by atoms with Gasteiger partial charge in [-0.3, -0.25) is 4.57 Å². The van der Waals surface area contributed by atoms with Gasteiger partial charge >= 0.3 is 5.76 Å². The lowest BCUT2D eigenvalue weighted by Gasteiger charge is -2.07. The highest BCUT2D eigenvalue weighted by Crippen LogP contribution is 2.12. The van der Waals surface area contributed by atoms with Gasteiger partial charge in [0.15, 0.2) is 5.58 Å². The van der Waals surface area contributed by atoms with Crippen molar-refractivity contribution in [2.45, 2.75) is 26.0 Å². The smallest absolute Gasteiger partial charge is 0.408 e. The molecule has 1 heterocycles. The lowest BCUT2D eigenvalue weighted by molar-refractivity contribution is 0.148. The van der Waals surface area contributed by atoms with Gasteiger partial charge in [0, 0.05) is 0 Å². The Morgan fingerprint density at radius 3 is 2.93 bits per heavy atom. The summed E-state index contributed by atoms with van der Waals surface area (Å²) in [6.07, 6.45) is 0.107. The number of benzene rings is 1. The predicted octanol–water partition coefficient (Wildman–Crippen LogP) is 1.37. The van der Waals surface area contributed by atoms with Crippen LogP contribution in [0.4, 0.5) is 0 Å². The molecule has 80 valence electrons. The third-order valence-electron chi connectivity index (χ3n) is 2.44. The molecule has 1 atom stereocenters. The fourth-order valence-electron chi connectivity index (χ4n) is 1.53. The second-order valence-corrected chi connectivity index (χ2v) is 3.51. The van der Waals surface area contributed by atoms with Crippen LogP contribution in [0.15, 0.2) is 33.5 Å². The van der Waals surface area contributed by atoms with E-state index < -0.39 is 11.9 Å². The Labute approximate surface area is 86.8 Å². The standard InChI is InChI=1S/C11H13NO3/c1-2-8(13)7-12-9-5-3-4-6-10(9)15-11(12)14/h3-6,8,13H,2,7H2,1H3. The first-order valence-electron chi connectivity index (χ1n) is 4.98. The molecule has 0 aliphatic heterocycles. The predicted molar refractivity (Wildman–Crippen MR) is 56.8 cm³/mol. The first kappa shape index (κ1) is 9.98. The fourth-order valence-corrected chi connectivity index (χ4v) is 1.53. The number of fused-ring (bicyclic) bond motifs is 1. The topological polar surface area (TPSA) is 55.4 Å². The average molecular weight is 207 g/mol. The number of oxazole rings is 1. The Bertz CT molecular complexity index is 512. The van der Waals surface area contributed by atoms with E-state index in [4.69, 9.17) is 4.42 Å². The average Bonchev–Trinajstić information content (AvgIpc) is 2.55. The molecular formula is C11H13NO3. The molecule has 0 aliphatic rings. The highest BCUT2D eigenvalue weighted by atomic mass is 16.4. The quantitative estimate of drug-likeness (QED) is 0.826. The van der Waals surface area contributed by atoms with Crippen LogP contribution in [-0.2, 0) is 6.54 Å². The van der Waals surface area contributed by atoms with Crippen molar-refractivity contribution in [1.29, 1.82) is 0 Å². The summed E-state index contributed by atoms with van der Waals surface area (Å²) < 4.78 is 6.50. The first-order chi connectivity index (χ1) is 7.22. The van der Waals surface area contributed by atoms with Crippen molar-refractivity contribution in [3.63, 3.8) is 0 Å². The molecule has 0 bridgehead atoms. The van der Waals surface area contributed by atoms with Gasteiger partial charge in [-0.1, -0.05) is 19.1 Å². The largest absolute Gasteiger partial charge is 0.420 e. The normalized spacial score (nSPS) is 13.2. The van der Waals surface area contributed by atoms with Crippen LogP contribution in [0.2, 0.25) is 0 Å². The Morgan fingerprint density at radius 1 is 1.47 bits per heavy atom. The molecule has 1 aromatic heterocycles. The summed E-state index contributed by atoms with van der Waals surface area (Å²) in [6, 6.07) is 7.20. The van der Waals surface area contributed by atoms with Crippen LogP contribution in [0.3, 0.4) is 0 Å². The molecule has 0 saturated carbocycles. The van der Waals surface area contributed by atoms with Crippen LogP contribution in [0.1, 0.15) is 13.3 Å². The van der Waals surface area contributed by atoms with Crippen molar-refractivity contribution in [1.82, 2.24) is 4.57 Å². The number of aliphatic hydroxyl groups excluding tert-OH is 1. The van der Waals surface area contributed by atoms with Crippen LogP contribution >= 0.6 is 0 Å². The third-order valence-corrected chi connectivity index (χ3v) is 2.44. The third kappa shape index (κ3) is 1.80. The van der Waals surface area contributed by atoms with Gasteiger partial charge in [0.1, 0.15) is 0 Å². The van der Waals surface area contributed by atoms with Gasteiger partial charge in [-0.25, -0.2) is 4.79 Å². The monoisotopic (exact) mass is 207 g/mol. The van der Waals surface area contributed by atoms with E-state index in [1.54, 1.807) is 6.07 Å². The van der Waals surface area contributed by atoms with Crippen LogP contribution in [0, 0.1) is 0 Å². The van der Waals surface area contributed by atoms with Gasteiger partial charge in [0.2, 0.25) is 0 Å². The number of aliphatic hydroxyl groups is 1. The number of rotatable bonds is 3. The van der Waals surface area contributed by atoms with E-state index in [1.807, 2.05) is 25.1 Å². The summed E-state index contributed by atoms with van der Waals surface area (Å²) in [7, 11) is 0. The lowest BCUT2D eigenvalue weighted by atomic mass is 10.2. The number of para-hydroxylation sites is 2. The van der Waals surface area contributed by atoms with E-state index in [1.165, 1.54) is 4.57 Å². The van der Waals surface area contributed by atoms with Crippen molar-refractivity contribution in [3.05, 3.63) is 34.8 Å². The van der Waals surface area contributed by atoms with Gasteiger partial charge in [0.25, 0.3) is 0 Å². The number of hydrogen-bond donors (Lipinski definition) is 1. The SMILES string of the molecule is CCC(O)Cn1c(=O)oc2ccccc21. The van der Waals surface area contributed by atoms with E-state index in [2.05, 4.69) is 0 Å². The van der Waals surface area contributed by atoms with Gasteiger partial charge < -0.3 is 9.52 Å². The molecule has 0 spiro atoms. The molecule has 0 saturated heterocycles. The zero-order valence-corrected chi connectivity index (χ0v) is 8.51. The summed E-state index contributed by atoms with van der Waals surface area (Å²) in [5, 5.41) is 9.51. The number of aromatic nitrogens is 1. The summed E-state index contributed by atoms with van der Waals surface area (Å²) in [4.78, 5) is 11.5. The highest BCUT2D eigenvalue weighted by Gasteiger charge is 2.11. The van der Waals surface area contributed by atoms with Crippen LogP contribution in [-0.4, -0.2) is 15.8 Å². The Kier molecular flexibility index (Phi) is 2.60. The van der Waals surface area contributed by atoms with E-state index in [0.717, 1.165) is 5.52 Å². The van der Waals surface area contributed by atoms with Crippen molar-refractivity contribution in [3.8, 4) is 0 Å². The molecule has 1 unspecified atom stereocenters. The molecule has 1 N–H and O–H groups in total. The Hall–Kier alpha value is -1.55. The fraction of sp³-hybridized carbons (Fsp3) is 0.364. The highest BCUT2D eigenvalue weighted by molar-refractivity contribution is 5.72. The maximum atomic E-state index is 11.5. The molecule has 0 amide bonds. The van der Waals surface area contributed by atoms with Crippen molar-refractivity contribution in [2.24, 2.45) is 0 Å². The minimum absolute atomic E-state index is 0.284.